The molecule has 0 aliphatic heterocycles. The number of halogens is 1. The molecular formula is C8H12FN3S. The summed E-state index contributed by atoms with van der Waals surface area (Å²) in [6, 6.07) is -0.133. The Balaban J connectivity index is 1.96. The van der Waals surface area contributed by atoms with Crippen LogP contribution in [0.15, 0.2) is 6.20 Å². The molecule has 0 bridgehead atoms. The van der Waals surface area contributed by atoms with Gasteiger partial charge in [0.05, 0.1) is 23.6 Å². The van der Waals surface area contributed by atoms with E-state index in [4.69, 9.17) is 5.73 Å². The summed E-state index contributed by atoms with van der Waals surface area (Å²) in [5.74, 6) is 0. The molecule has 13 heavy (non-hydrogen) atoms. The molecule has 5 heteroatoms. The standard InChI is InChI=1S/C8H12FN3S/c1-8(3-6(8)9)7(10)2-5-4-11-13-12-5/h4,6-7H,2-3,10H2,1H3. The SMILES string of the molecule is CC1(C(N)Cc2cnsn2)CC1F. The molecular weight excluding hydrogens is 189 g/mol. The Morgan fingerprint density at radius 2 is 2.62 bits per heavy atom. The van der Waals surface area contributed by atoms with Crippen LogP contribution in [0.2, 0.25) is 0 Å². The van der Waals surface area contributed by atoms with E-state index in [1.807, 2.05) is 6.92 Å². The Kier molecular flexibility index (Phi) is 2.08. The van der Waals surface area contributed by atoms with Gasteiger partial charge in [-0.2, -0.15) is 8.75 Å². The first-order valence-electron chi connectivity index (χ1n) is 4.29. The Labute approximate surface area is 80.5 Å². The smallest absolute Gasteiger partial charge is 0.108 e. The summed E-state index contributed by atoms with van der Waals surface area (Å²) in [7, 11) is 0. The zero-order valence-corrected chi connectivity index (χ0v) is 8.22. The van der Waals surface area contributed by atoms with E-state index in [2.05, 4.69) is 8.75 Å². The molecule has 1 aliphatic carbocycles. The van der Waals surface area contributed by atoms with Gasteiger partial charge in [-0.05, 0) is 6.42 Å². The molecule has 1 aromatic heterocycles. The molecule has 0 saturated heterocycles. The molecule has 0 amide bonds. The first-order valence-corrected chi connectivity index (χ1v) is 5.02. The molecule has 3 unspecified atom stereocenters. The molecule has 1 aliphatic rings. The summed E-state index contributed by atoms with van der Waals surface area (Å²) in [5.41, 5.74) is 6.45. The van der Waals surface area contributed by atoms with Gasteiger partial charge in [-0.1, -0.05) is 6.92 Å². The summed E-state index contributed by atoms with van der Waals surface area (Å²) < 4.78 is 20.9. The third kappa shape index (κ3) is 1.58. The third-order valence-corrected chi connectivity index (χ3v) is 3.37. The largest absolute Gasteiger partial charge is 0.327 e. The van der Waals surface area contributed by atoms with Gasteiger partial charge in [0.15, 0.2) is 0 Å². The molecule has 0 aromatic carbocycles. The minimum Gasteiger partial charge on any atom is -0.327 e. The Morgan fingerprint density at radius 1 is 1.92 bits per heavy atom. The molecule has 1 fully saturated rings. The summed E-state index contributed by atoms with van der Waals surface area (Å²) in [6.45, 7) is 1.89. The predicted octanol–water partition coefficient (Wildman–Crippen LogP) is 1.16. The van der Waals surface area contributed by atoms with Gasteiger partial charge in [-0.3, -0.25) is 0 Å². The minimum atomic E-state index is -0.728. The van der Waals surface area contributed by atoms with Crippen molar-refractivity contribution in [2.75, 3.05) is 0 Å². The molecule has 0 radical (unpaired) electrons. The number of hydrogen-bond acceptors (Lipinski definition) is 4. The van der Waals surface area contributed by atoms with Crippen molar-refractivity contribution in [1.82, 2.24) is 8.75 Å². The van der Waals surface area contributed by atoms with Gasteiger partial charge in [0.2, 0.25) is 0 Å². The lowest BCUT2D eigenvalue weighted by Gasteiger charge is -2.16. The maximum absolute atomic E-state index is 12.9. The zero-order valence-electron chi connectivity index (χ0n) is 7.40. The van der Waals surface area contributed by atoms with E-state index in [1.165, 1.54) is 0 Å². The van der Waals surface area contributed by atoms with Gasteiger partial charge in [0, 0.05) is 17.9 Å². The van der Waals surface area contributed by atoms with Crippen molar-refractivity contribution < 1.29 is 4.39 Å². The third-order valence-electron chi connectivity index (χ3n) is 2.86. The second-order valence-electron chi connectivity index (χ2n) is 3.89. The average molecular weight is 201 g/mol. The highest BCUT2D eigenvalue weighted by atomic mass is 32.1. The second-order valence-corrected chi connectivity index (χ2v) is 4.44. The number of nitrogens with zero attached hydrogens (tertiary/aromatic N) is 2. The zero-order chi connectivity index (χ0) is 9.47. The lowest BCUT2D eigenvalue weighted by molar-refractivity contribution is 0.326. The van der Waals surface area contributed by atoms with Crippen LogP contribution in [0.25, 0.3) is 0 Å². The van der Waals surface area contributed by atoms with Crippen LogP contribution in [0.4, 0.5) is 4.39 Å². The number of rotatable bonds is 3. The van der Waals surface area contributed by atoms with E-state index in [0.717, 1.165) is 17.4 Å². The van der Waals surface area contributed by atoms with Crippen LogP contribution in [-0.4, -0.2) is 21.0 Å². The van der Waals surface area contributed by atoms with Crippen molar-refractivity contribution in [3.8, 4) is 0 Å². The van der Waals surface area contributed by atoms with E-state index in [9.17, 15) is 4.39 Å². The van der Waals surface area contributed by atoms with Crippen molar-refractivity contribution in [1.29, 1.82) is 0 Å². The summed E-state index contributed by atoms with van der Waals surface area (Å²) in [5, 5.41) is 0. The molecule has 3 nitrogen and oxygen atoms in total. The van der Waals surface area contributed by atoms with Gasteiger partial charge in [-0.15, -0.1) is 0 Å². The molecule has 2 N–H and O–H groups in total. The molecule has 1 heterocycles. The minimum absolute atomic E-state index is 0.133. The highest BCUT2D eigenvalue weighted by Crippen LogP contribution is 2.50. The van der Waals surface area contributed by atoms with E-state index in [0.29, 0.717) is 12.8 Å². The second kappa shape index (κ2) is 2.99. The Bertz CT molecular complexity index is 290. The maximum atomic E-state index is 12.9. The van der Waals surface area contributed by atoms with Crippen molar-refractivity contribution in [3.63, 3.8) is 0 Å². The monoisotopic (exact) mass is 201 g/mol. The maximum Gasteiger partial charge on any atom is 0.108 e. The van der Waals surface area contributed by atoms with Crippen LogP contribution in [-0.2, 0) is 6.42 Å². The lowest BCUT2D eigenvalue weighted by Crippen LogP contribution is -2.33. The molecule has 72 valence electrons. The van der Waals surface area contributed by atoms with Crippen LogP contribution >= 0.6 is 11.7 Å². The van der Waals surface area contributed by atoms with Crippen molar-refractivity contribution in [2.45, 2.75) is 32.0 Å². The van der Waals surface area contributed by atoms with E-state index in [1.54, 1.807) is 6.20 Å². The first kappa shape index (κ1) is 9.02. The van der Waals surface area contributed by atoms with Crippen molar-refractivity contribution in [3.05, 3.63) is 11.9 Å². The van der Waals surface area contributed by atoms with E-state index in [-0.39, 0.29) is 11.5 Å². The highest BCUT2D eigenvalue weighted by Gasteiger charge is 2.55. The number of hydrogen-bond donors (Lipinski definition) is 1. The molecule has 1 aromatic rings. The molecule has 2 rings (SSSR count). The van der Waals surface area contributed by atoms with Crippen LogP contribution in [0, 0.1) is 5.41 Å². The molecule has 1 saturated carbocycles. The van der Waals surface area contributed by atoms with Gasteiger partial charge < -0.3 is 5.73 Å². The molecule has 3 atom stereocenters. The summed E-state index contributed by atoms with van der Waals surface area (Å²) in [4.78, 5) is 0. The predicted molar refractivity (Wildman–Crippen MR) is 49.2 cm³/mol. The molecule has 0 spiro atoms. The van der Waals surface area contributed by atoms with Crippen LogP contribution in [0.1, 0.15) is 19.0 Å². The van der Waals surface area contributed by atoms with E-state index < -0.39 is 6.17 Å². The van der Waals surface area contributed by atoms with Gasteiger partial charge in [0.25, 0.3) is 0 Å². The topological polar surface area (TPSA) is 51.8 Å². The number of nitrogens with two attached hydrogens (primary N) is 1. The Morgan fingerprint density at radius 3 is 3.08 bits per heavy atom. The van der Waals surface area contributed by atoms with Crippen LogP contribution < -0.4 is 5.73 Å². The van der Waals surface area contributed by atoms with Gasteiger partial charge in [0.1, 0.15) is 6.17 Å². The fourth-order valence-electron chi connectivity index (χ4n) is 1.44. The van der Waals surface area contributed by atoms with Crippen molar-refractivity contribution in [2.24, 2.45) is 11.1 Å². The number of alkyl halides is 1. The first-order chi connectivity index (χ1) is 6.13. The quantitative estimate of drug-likeness (QED) is 0.798. The Hall–Kier alpha value is -0.550. The summed E-state index contributed by atoms with van der Waals surface area (Å²) >= 11 is 1.16. The van der Waals surface area contributed by atoms with Crippen molar-refractivity contribution >= 4 is 11.7 Å². The highest BCUT2D eigenvalue weighted by molar-refractivity contribution is 6.99. The fourth-order valence-corrected chi connectivity index (χ4v) is 1.89. The van der Waals surface area contributed by atoms with Crippen LogP contribution in [0.3, 0.4) is 0 Å². The van der Waals surface area contributed by atoms with Gasteiger partial charge >= 0.3 is 0 Å². The lowest BCUT2D eigenvalue weighted by atomic mass is 9.95. The normalized spacial score (nSPS) is 34.5. The fraction of sp³-hybridized carbons (Fsp3) is 0.750. The van der Waals surface area contributed by atoms with Crippen LogP contribution in [0.5, 0.6) is 0 Å². The van der Waals surface area contributed by atoms with E-state index >= 15 is 0 Å². The summed E-state index contributed by atoms with van der Waals surface area (Å²) in [6.07, 6.45) is 2.19. The number of aromatic nitrogens is 2. The van der Waals surface area contributed by atoms with Gasteiger partial charge in [-0.25, -0.2) is 4.39 Å². The average Bonchev–Trinajstić information content (AvgIpc) is 2.53.